The number of aliphatic hydroxyl groups is 1. The van der Waals surface area contributed by atoms with Crippen molar-refractivity contribution in [3.8, 4) is 0 Å². The van der Waals surface area contributed by atoms with Crippen molar-refractivity contribution < 1.29 is 14.7 Å². The Morgan fingerprint density at radius 3 is 2.26 bits per heavy atom. The van der Waals surface area contributed by atoms with Gasteiger partial charge in [-0.05, 0) is 12.8 Å². The molecule has 0 saturated heterocycles. The van der Waals surface area contributed by atoms with Crippen molar-refractivity contribution >= 4 is 23.4 Å². The molecule has 112 valence electrons. The van der Waals surface area contributed by atoms with Crippen molar-refractivity contribution in [1.82, 2.24) is 5.32 Å². The summed E-state index contributed by atoms with van der Waals surface area (Å²) in [6.07, 6.45) is 0.160. The minimum absolute atomic E-state index is 0.0642. The number of nitrogens with two attached hydrogens (primary N) is 1. The predicted molar refractivity (Wildman–Crippen MR) is 75.7 cm³/mol. The van der Waals surface area contributed by atoms with Gasteiger partial charge in [0.15, 0.2) is 0 Å². The molecule has 0 heterocycles. The molecule has 0 aromatic rings. The van der Waals surface area contributed by atoms with Crippen molar-refractivity contribution in [3.05, 3.63) is 0 Å². The Bertz CT molecular complexity index is 334. The zero-order valence-electron chi connectivity index (χ0n) is 12.1. The lowest BCUT2D eigenvalue weighted by Crippen LogP contribution is -2.46. The number of primary amides is 1. The smallest absolute Gasteiger partial charge is 0.225 e. The molecule has 2 unspecified atom stereocenters. The summed E-state index contributed by atoms with van der Waals surface area (Å²) in [6, 6.07) is 0. The van der Waals surface area contributed by atoms with E-state index in [9.17, 15) is 14.7 Å². The predicted octanol–water partition coefficient (Wildman–Crippen LogP) is 1.02. The van der Waals surface area contributed by atoms with Crippen molar-refractivity contribution in [2.24, 2.45) is 16.6 Å². The van der Waals surface area contributed by atoms with E-state index in [1.54, 1.807) is 20.8 Å². The summed E-state index contributed by atoms with van der Waals surface area (Å²) in [5, 5.41) is 12.0. The van der Waals surface area contributed by atoms with E-state index in [0.29, 0.717) is 12.8 Å². The third-order valence-corrected chi connectivity index (χ3v) is 3.85. The lowest BCUT2D eigenvalue weighted by atomic mass is 9.71. The van der Waals surface area contributed by atoms with Gasteiger partial charge in [0.1, 0.15) is 0 Å². The maximum atomic E-state index is 12.1. The first-order valence-electron chi connectivity index (χ1n) is 6.41. The molecule has 19 heavy (non-hydrogen) atoms. The van der Waals surface area contributed by atoms with Crippen LogP contribution in [0.3, 0.4) is 0 Å². The number of carbonyl (C=O) groups excluding carboxylic acids is 2. The van der Waals surface area contributed by atoms with Gasteiger partial charge >= 0.3 is 0 Å². The molecule has 0 aliphatic heterocycles. The van der Waals surface area contributed by atoms with E-state index >= 15 is 0 Å². The number of aliphatic hydroxyl groups excluding tert-OH is 1. The molecule has 5 nitrogen and oxygen atoms in total. The summed E-state index contributed by atoms with van der Waals surface area (Å²) in [4.78, 5) is 23.6. The van der Waals surface area contributed by atoms with Crippen LogP contribution in [-0.4, -0.2) is 35.4 Å². The molecule has 0 aliphatic rings. The molecule has 2 amide bonds. The van der Waals surface area contributed by atoms with Gasteiger partial charge in [0.2, 0.25) is 11.8 Å². The molecule has 0 aromatic heterocycles. The molecule has 0 radical (unpaired) electrons. The summed E-state index contributed by atoms with van der Waals surface area (Å²) in [5.41, 5.74) is 3.94. The molecule has 0 bridgehead atoms. The first-order chi connectivity index (χ1) is 8.59. The van der Waals surface area contributed by atoms with Crippen LogP contribution in [-0.2, 0) is 9.59 Å². The highest BCUT2D eigenvalue weighted by Crippen LogP contribution is 2.36. The van der Waals surface area contributed by atoms with Crippen LogP contribution < -0.4 is 11.1 Å². The molecule has 6 heteroatoms. The summed E-state index contributed by atoms with van der Waals surface area (Å²) in [5.74, 6) is -0.566. The monoisotopic (exact) mass is 292 g/mol. The standard InChI is InChI=1S/C13H25ClN2O3/c1-5-13(4,10(15)18)8-12(2,3)11(19)16-7-9(17)6-14/h9,17H,5-8H2,1-4H3,(H2,15,18)(H,16,19). The largest absolute Gasteiger partial charge is 0.390 e. The molecular formula is C13H25ClN2O3. The number of hydrogen-bond acceptors (Lipinski definition) is 3. The van der Waals surface area contributed by atoms with Gasteiger partial charge in [-0.1, -0.05) is 27.7 Å². The number of amides is 2. The second-order valence-electron chi connectivity index (χ2n) is 5.86. The summed E-state index contributed by atoms with van der Waals surface area (Å²) in [7, 11) is 0. The van der Waals surface area contributed by atoms with Crippen LogP contribution in [0.15, 0.2) is 0 Å². The lowest BCUT2D eigenvalue weighted by Gasteiger charge is -2.33. The maximum absolute atomic E-state index is 12.1. The van der Waals surface area contributed by atoms with E-state index in [-0.39, 0.29) is 18.3 Å². The normalized spacial score (nSPS) is 16.5. The molecular weight excluding hydrogens is 268 g/mol. The van der Waals surface area contributed by atoms with Gasteiger partial charge in [-0.2, -0.15) is 0 Å². The molecule has 0 aromatic carbocycles. The fraction of sp³-hybridized carbons (Fsp3) is 0.846. The molecule has 0 spiro atoms. The van der Waals surface area contributed by atoms with E-state index in [1.807, 2.05) is 6.92 Å². The quantitative estimate of drug-likeness (QED) is 0.583. The Morgan fingerprint density at radius 2 is 1.89 bits per heavy atom. The lowest BCUT2D eigenvalue weighted by molar-refractivity contribution is -0.135. The van der Waals surface area contributed by atoms with Crippen LogP contribution in [0.2, 0.25) is 0 Å². The molecule has 2 atom stereocenters. The Hall–Kier alpha value is -0.810. The maximum Gasteiger partial charge on any atom is 0.225 e. The van der Waals surface area contributed by atoms with Crippen LogP contribution in [0.1, 0.15) is 40.5 Å². The highest BCUT2D eigenvalue weighted by molar-refractivity contribution is 6.18. The Balaban J connectivity index is 4.69. The van der Waals surface area contributed by atoms with E-state index in [2.05, 4.69) is 5.32 Å². The van der Waals surface area contributed by atoms with E-state index < -0.39 is 22.8 Å². The van der Waals surface area contributed by atoms with Gasteiger partial charge in [-0.15, -0.1) is 11.6 Å². The minimum Gasteiger partial charge on any atom is -0.390 e. The van der Waals surface area contributed by atoms with Crippen molar-refractivity contribution in [2.75, 3.05) is 12.4 Å². The van der Waals surface area contributed by atoms with Gasteiger partial charge in [0.05, 0.1) is 12.0 Å². The molecule has 0 fully saturated rings. The Kier molecular flexibility index (Phi) is 6.80. The fourth-order valence-corrected chi connectivity index (χ4v) is 2.06. The van der Waals surface area contributed by atoms with Gasteiger partial charge in [0, 0.05) is 17.4 Å². The number of hydrogen-bond donors (Lipinski definition) is 3. The Labute approximate surface area is 119 Å². The van der Waals surface area contributed by atoms with Gasteiger partial charge in [-0.3, -0.25) is 9.59 Å². The summed E-state index contributed by atoms with van der Waals surface area (Å²) in [6.45, 7) is 7.25. The minimum atomic E-state index is -0.768. The second-order valence-corrected chi connectivity index (χ2v) is 6.17. The number of halogens is 1. The van der Waals surface area contributed by atoms with Gasteiger partial charge < -0.3 is 16.2 Å². The number of rotatable bonds is 8. The zero-order chi connectivity index (χ0) is 15.3. The summed E-state index contributed by atoms with van der Waals surface area (Å²) >= 11 is 5.46. The van der Waals surface area contributed by atoms with Crippen molar-refractivity contribution in [3.63, 3.8) is 0 Å². The van der Waals surface area contributed by atoms with Crippen LogP contribution in [0.4, 0.5) is 0 Å². The van der Waals surface area contributed by atoms with Crippen molar-refractivity contribution in [2.45, 2.75) is 46.6 Å². The van der Waals surface area contributed by atoms with Crippen LogP contribution in [0.5, 0.6) is 0 Å². The molecule has 0 saturated carbocycles. The first-order valence-corrected chi connectivity index (χ1v) is 6.94. The average Bonchev–Trinajstić information content (AvgIpc) is 2.34. The summed E-state index contributed by atoms with van der Waals surface area (Å²) < 4.78 is 0. The molecule has 4 N–H and O–H groups in total. The molecule has 0 aliphatic carbocycles. The zero-order valence-corrected chi connectivity index (χ0v) is 12.9. The topological polar surface area (TPSA) is 92.4 Å². The Morgan fingerprint density at radius 1 is 1.37 bits per heavy atom. The van der Waals surface area contributed by atoms with Crippen molar-refractivity contribution in [1.29, 1.82) is 0 Å². The number of carbonyl (C=O) groups is 2. The molecule has 0 rings (SSSR count). The number of alkyl halides is 1. The highest BCUT2D eigenvalue weighted by Gasteiger charge is 2.39. The first kappa shape index (κ1) is 18.2. The van der Waals surface area contributed by atoms with Crippen LogP contribution in [0, 0.1) is 10.8 Å². The number of nitrogens with one attached hydrogen (secondary N) is 1. The highest BCUT2D eigenvalue weighted by atomic mass is 35.5. The van der Waals surface area contributed by atoms with E-state index in [1.165, 1.54) is 0 Å². The van der Waals surface area contributed by atoms with E-state index in [4.69, 9.17) is 17.3 Å². The van der Waals surface area contributed by atoms with E-state index in [0.717, 1.165) is 0 Å². The van der Waals surface area contributed by atoms with Gasteiger partial charge in [-0.25, -0.2) is 0 Å². The second kappa shape index (κ2) is 7.10. The van der Waals surface area contributed by atoms with Gasteiger partial charge in [0.25, 0.3) is 0 Å². The third-order valence-electron chi connectivity index (χ3n) is 3.50. The van der Waals surface area contributed by atoms with Crippen LogP contribution in [0.25, 0.3) is 0 Å². The average molecular weight is 293 g/mol. The van der Waals surface area contributed by atoms with Crippen LogP contribution >= 0.6 is 11.6 Å². The third kappa shape index (κ3) is 5.37. The fourth-order valence-electron chi connectivity index (χ4n) is 1.95. The SMILES string of the molecule is CCC(C)(CC(C)(C)C(=O)NCC(O)CCl)C(N)=O.